The van der Waals surface area contributed by atoms with Crippen LogP contribution >= 0.6 is 11.3 Å². The molecule has 0 radical (unpaired) electrons. The molecule has 0 saturated heterocycles. The number of hydrogen-bond acceptors (Lipinski definition) is 2. The number of benzene rings is 10. The van der Waals surface area contributed by atoms with Gasteiger partial charge in [0.05, 0.1) is 0 Å². The van der Waals surface area contributed by atoms with Crippen molar-refractivity contribution in [2.24, 2.45) is 0 Å². The van der Waals surface area contributed by atoms with Gasteiger partial charge in [-0.15, -0.1) is 11.3 Å². The molecule has 0 aliphatic rings. The quantitative estimate of drug-likeness (QED) is 0.0980. The maximum atomic E-state index is 2.42. The van der Waals surface area contributed by atoms with Crippen LogP contribution in [0.2, 0.25) is 0 Å². The minimum Gasteiger partial charge on any atom is -0.310 e. The average molecular weight is 838 g/mol. The van der Waals surface area contributed by atoms with E-state index in [-0.39, 0.29) is 0 Å². The maximum absolute atomic E-state index is 2.70. The molecule has 10 aromatic carbocycles. The third kappa shape index (κ3) is 7.17. The van der Waals surface area contributed by atoms with Crippen molar-refractivity contribution in [2.45, 2.75) is 0 Å². The van der Waals surface area contributed by atoms with Gasteiger partial charge in [-0.25, -0.2) is 0 Å². The summed E-state index contributed by atoms with van der Waals surface area (Å²) in [7, 11) is -2.70. The third-order valence-electron chi connectivity index (χ3n) is 12.4. The van der Waals surface area contributed by atoms with Crippen molar-refractivity contribution in [1.29, 1.82) is 0 Å². The van der Waals surface area contributed by atoms with Crippen LogP contribution in [0.1, 0.15) is 0 Å². The summed E-state index contributed by atoms with van der Waals surface area (Å²) in [6.45, 7) is 0. The van der Waals surface area contributed by atoms with Gasteiger partial charge in [0.2, 0.25) is 0 Å². The van der Waals surface area contributed by atoms with E-state index in [1.54, 1.807) is 0 Å². The Balaban J connectivity index is 1.05. The molecule has 298 valence electrons. The molecule has 0 atom stereocenters. The predicted octanol–water partition coefficient (Wildman–Crippen LogP) is 13.9. The number of anilines is 3. The van der Waals surface area contributed by atoms with Crippen molar-refractivity contribution in [2.75, 3.05) is 4.90 Å². The van der Waals surface area contributed by atoms with E-state index in [0.29, 0.717) is 0 Å². The van der Waals surface area contributed by atoms with Crippen LogP contribution in [-0.2, 0) is 0 Å². The van der Waals surface area contributed by atoms with Gasteiger partial charge in [-0.1, -0.05) is 206 Å². The van der Waals surface area contributed by atoms with Gasteiger partial charge in [0, 0.05) is 37.2 Å². The minimum atomic E-state index is -2.70. The van der Waals surface area contributed by atoms with E-state index in [4.69, 9.17) is 0 Å². The summed E-state index contributed by atoms with van der Waals surface area (Å²) in [5.74, 6) is 0. The first-order valence-corrected chi connectivity index (χ1v) is 24.4. The van der Waals surface area contributed by atoms with E-state index in [1.165, 1.54) is 74.3 Å². The first kappa shape index (κ1) is 38.4. The highest BCUT2D eigenvalue weighted by Gasteiger charge is 2.41. The SMILES string of the molecule is c1ccc(-c2ccc(-c3ccc(N(c4ccc([Si](c5ccccc5)(c5ccccc5)c5ccccc5)cc4)c4ccc5sc6ccc(-c7ccccc7)cc6c5c4)cc3)cc2)cc1. The van der Waals surface area contributed by atoms with E-state index < -0.39 is 8.07 Å². The fraction of sp³-hybridized carbons (Fsp3) is 0. The predicted molar refractivity (Wildman–Crippen MR) is 274 cm³/mol. The lowest BCUT2D eigenvalue weighted by Crippen LogP contribution is -2.74. The number of rotatable bonds is 10. The van der Waals surface area contributed by atoms with Crippen LogP contribution in [0.3, 0.4) is 0 Å². The monoisotopic (exact) mass is 837 g/mol. The first-order valence-electron chi connectivity index (χ1n) is 21.6. The molecule has 1 heterocycles. The molecule has 0 unspecified atom stereocenters. The molecule has 0 saturated carbocycles. The van der Waals surface area contributed by atoms with E-state index in [1.807, 2.05) is 11.3 Å². The molecule has 0 aliphatic carbocycles. The highest BCUT2D eigenvalue weighted by Crippen LogP contribution is 2.42. The van der Waals surface area contributed by atoms with Crippen LogP contribution in [0.5, 0.6) is 0 Å². The molecule has 0 amide bonds. The lowest BCUT2D eigenvalue weighted by atomic mass is 10.00. The molecule has 63 heavy (non-hydrogen) atoms. The Morgan fingerprint density at radius 2 is 0.571 bits per heavy atom. The van der Waals surface area contributed by atoms with Crippen molar-refractivity contribution in [1.82, 2.24) is 0 Å². The number of thiophene rings is 1. The second-order valence-electron chi connectivity index (χ2n) is 16.1. The highest BCUT2D eigenvalue weighted by molar-refractivity contribution is 7.25. The van der Waals surface area contributed by atoms with Crippen molar-refractivity contribution in [3.8, 4) is 33.4 Å². The first-order chi connectivity index (χ1) is 31.2. The van der Waals surface area contributed by atoms with Gasteiger partial charge in [0.15, 0.2) is 8.07 Å². The Morgan fingerprint density at radius 3 is 1.05 bits per heavy atom. The van der Waals surface area contributed by atoms with Gasteiger partial charge >= 0.3 is 0 Å². The summed E-state index contributed by atoms with van der Waals surface area (Å²) in [5, 5.41) is 7.99. The molecule has 0 spiro atoms. The molecule has 3 heteroatoms. The van der Waals surface area contributed by atoms with Gasteiger partial charge in [0.25, 0.3) is 0 Å². The molecule has 0 fully saturated rings. The summed E-state index contributed by atoms with van der Waals surface area (Å²) >= 11 is 1.86. The number of fused-ring (bicyclic) bond motifs is 3. The molecule has 11 aromatic rings. The Kier molecular flexibility index (Phi) is 10.2. The molecular weight excluding hydrogens is 795 g/mol. The molecular formula is C60H43NSSi. The van der Waals surface area contributed by atoms with Crippen LogP contribution in [0.4, 0.5) is 17.1 Å². The lowest BCUT2D eigenvalue weighted by Gasteiger charge is -2.35. The van der Waals surface area contributed by atoms with E-state index in [0.717, 1.165) is 17.1 Å². The third-order valence-corrected chi connectivity index (χ3v) is 18.4. The zero-order chi connectivity index (χ0) is 42.0. The summed E-state index contributed by atoms with van der Waals surface area (Å²) < 4.78 is 2.58. The fourth-order valence-corrected chi connectivity index (χ4v) is 15.2. The minimum absolute atomic E-state index is 1.11. The lowest BCUT2D eigenvalue weighted by molar-refractivity contribution is 1.29. The van der Waals surface area contributed by atoms with Crippen LogP contribution in [0.15, 0.2) is 261 Å². The van der Waals surface area contributed by atoms with Gasteiger partial charge in [-0.05, 0) is 109 Å². The van der Waals surface area contributed by atoms with Crippen molar-refractivity contribution < 1.29 is 0 Å². The Hall–Kier alpha value is -7.56. The largest absolute Gasteiger partial charge is 0.310 e. The highest BCUT2D eigenvalue weighted by atomic mass is 32.1. The smallest absolute Gasteiger partial charge is 0.179 e. The van der Waals surface area contributed by atoms with Crippen molar-refractivity contribution in [3.05, 3.63) is 261 Å². The van der Waals surface area contributed by atoms with Crippen LogP contribution in [0.25, 0.3) is 53.6 Å². The molecule has 0 aliphatic heterocycles. The van der Waals surface area contributed by atoms with E-state index in [2.05, 4.69) is 266 Å². The molecule has 11 rings (SSSR count). The molecule has 1 aromatic heterocycles. The molecule has 1 nitrogen and oxygen atoms in total. The Bertz CT molecular complexity index is 3180. The standard InChI is InChI=1S/C60H43NSSi/c1-6-16-44(17-7-1)46-26-28-47(29-27-46)48-30-33-50(34-31-48)61(52-37-41-60-58(43-52)57-42-49(32-40-59(57)62-60)45-18-8-2-9-19-45)51-35-38-56(39-36-51)63(53-20-10-3-11-21-53,54-22-12-4-13-23-54)55-24-14-5-15-25-55/h1-43H. The van der Waals surface area contributed by atoms with E-state index in [9.17, 15) is 0 Å². The number of nitrogens with zero attached hydrogens (tertiary/aromatic N) is 1. The fourth-order valence-electron chi connectivity index (χ4n) is 9.38. The summed E-state index contributed by atoms with van der Waals surface area (Å²) in [6, 6.07) is 96.1. The molecule has 0 N–H and O–H groups in total. The van der Waals surface area contributed by atoms with Crippen LogP contribution in [0, 0.1) is 0 Å². The second-order valence-corrected chi connectivity index (χ2v) is 21.0. The van der Waals surface area contributed by atoms with Crippen LogP contribution < -0.4 is 25.6 Å². The molecule has 0 bridgehead atoms. The van der Waals surface area contributed by atoms with Gasteiger partial charge < -0.3 is 4.90 Å². The number of hydrogen-bond donors (Lipinski definition) is 0. The van der Waals surface area contributed by atoms with Gasteiger partial charge in [-0.2, -0.15) is 0 Å². The van der Waals surface area contributed by atoms with Gasteiger partial charge in [0.1, 0.15) is 0 Å². The Morgan fingerprint density at radius 1 is 0.254 bits per heavy atom. The zero-order valence-electron chi connectivity index (χ0n) is 34.7. The van der Waals surface area contributed by atoms with E-state index >= 15 is 0 Å². The van der Waals surface area contributed by atoms with Crippen molar-refractivity contribution >= 4 is 77.4 Å². The summed E-state index contributed by atoms with van der Waals surface area (Å²) in [5.41, 5.74) is 10.6. The maximum Gasteiger partial charge on any atom is 0.179 e. The zero-order valence-corrected chi connectivity index (χ0v) is 36.5. The van der Waals surface area contributed by atoms with Crippen LogP contribution in [-0.4, -0.2) is 8.07 Å². The van der Waals surface area contributed by atoms with Crippen molar-refractivity contribution in [3.63, 3.8) is 0 Å². The Labute approximate surface area is 374 Å². The summed E-state index contributed by atoms with van der Waals surface area (Å²) in [6.07, 6.45) is 0. The summed E-state index contributed by atoms with van der Waals surface area (Å²) in [4.78, 5) is 2.42. The topological polar surface area (TPSA) is 3.24 Å². The average Bonchev–Trinajstić information content (AvgIpc) is 3.74. The second kappa shape index (κ2) is 16.7. The normalized spacial score (nSPS) is 11.5. The van der Waals surface area contributed by atoms with Gasteiger partial charge in [-0.3, -0.25) is 0 Å².